The molecule has 15 heavy (non-hydrogen) atoms. The van der Waals surface area contributed by atoms with Crippen molar-refractivity contribution in [2.24, 2.45) is 0 Å². The third kappa shape index (κ3) is 2.31. The highest BCUT2D eigenvalue weighted by Gasteiger charge is 2.26. The molecule has 1 aliphatic rings. The summed E-state index contributed by atoms with van der Waals surface area (Å²) in [5.41, 5.74) is 1.22. The van der Waals surface area contributed by atoms with Crippen LogP contribution < -0.4 is 0 Å². The second kappa shape index (κ2) is 4.23. The maximum absolute atomic E-state index is 10.8. The van der Waals surface area contributed by atoms with Crippen LogP contribution in [0, 0.1) is 0 Å². The Morgan fingerprint density at radius 1 is 1.40 bits per heavy atom. The lowest BCUT2D eigenvalue weighted by molar-refractivity contribution is 0.155. The van der Waals surface area contributed by atoms with Crippen molar-refractivity contribution in [2.75, 3.05) is 13.1 Å². The van der Waals surface area contributed by atoms with Gasteiger partial charge in [0.05, 0.1) is 0 Å². The van der Waals surface area contributed by atoms with Crippen molar-refractivity contribution in [2.45, 2.75) is 12.3 Å². The Balaban J connectivity index is 2.07. The molecule has 1 fully saturated rings. The Hall–Kier alpha value is -1.03. The lowest BCUT2D eigenvalue weighted by Crippen LogP contribution is -2.26. The predicted octanol–water partition coefficient (Wildman–Crippen LogP) is 2.92. The second-order valence-electron chi connectivity index (χ2n) is 3.77. The van der Waals surface area contributed by atoms with Crippen molar-refractivity contribution in [3.8, 4) is 0 Å². The number of benzene rings is 1. The highest BCUT2D eigenvalue weighted by molar-refractivity contribution is 9.10. The minimum absolute atomic E-state index is 0.356. The van der Waals surface area contributed by atoms with E-state index in [2.05, 4.69) is 28.1 Å². The van der Waals surface area contributed by atoms with Crippen molar-refractivity contribution in [3.05, 3.63) is 34.3 Å². The number of likely N-dealkylation sites (tertiary alicyclic amines) is 1. The molecule has 0 aromatic heterocycles. The first-order chi connectivity index (χ1) is 7.16. The summed E-state index contributed by atoms with van der Waals surface area (Å²) in [5, 5.41) is 8.84. The van der Waals surface area contributed by atoms with Crippen LogP contribution in [0.15, 0.2) is 28.7 Å². The standard InChI is InChI=1S/C11H12BrNO2/c12-10-3-1-8(2-4-10)9-5-6-13(7-9)11(14)15/h1-4,9H,5-7H2,(H,14,15). The molecule has 1 aromatic carbocycles. The van der Waals surface area contributed by atoms with Gasteiger partial charge in [0.25, 0.3) is 0 Å². The predicted molar refractivity (Wildman–Crippen MR) is 61.1 cm³/mol. The molecule has 1 N–H and O–H groups in total. The average Bonchev–Trinajstić information content (AvgIpc) is 2.68. The summed E-state index contributed by atoms with van der Waals surface area (Å²) in [4.78, 5) is 12.2. The van der Waals surface area contributed by atoms with Gasteiger partial charge >= 0.3 is 6.09 Å². The molecule has 0 saturated carbocycles. The summed E-state index contributed by atoms with van der Waals surface area (Å²) >= 11 is 3.38. The molecule has 1 amide bonds. The van der Waals surface area contributed by atoms with Crippen LogP contribution in [0.5, 0.6) is 0 Å². The Morgan fingerprint density at radius 2 is 2.07 bits per heavy atom. The third-order valence-electron chi connectivity index (χ3n) is 2.80. The summed E-state index contributed by atoms with van der Waals surface area (Å²) in [6.45, 7) is 1.27. The maximum Gasteiger partial charge on any atom is 0.407 e. The number of rotatable bonds is 1. The second-order valence-corrected chi connectivity index (χ2v) is 4.68. The Morgan fingerprint density at radius 3 is 2.60 bits per heavy atom. The molecular weight excluding hydrogens is 258 g/mol. The minimum Gasteiger partial charge on any atom is -0.465 e. The molecule has 0 aliphatic carbocycles. The van der Waals surface area contributed by atoms with Gasteiger partial charge in [-0.25, -0.2) is 4.79 Å². The van der Waals surface area contributed by atoms with Crippen molar-refractivity contribution in [3.63, 3.8) is 0 Å². The summed E-state index contributed by atoms with van der Waals surface area (Å²) in [7, 11) is 0. The van der Waals surface area contributed by atoms with Crippen molar-refractivity contribution in [1.82, 2.24) is 4.90 Å². The fourth-order valence-electron chi connectivity index (χ4n) is 1.94. The molecular formula is C11H12BrNO2. The van der Waals surface area contributed by atoms with E-state index >= 15 is 0 Å². The first-order valence-electron chi connectivity index (χ1n) is 4.90. The zero-order valence-electron chi connectivity index (χ0n) is 8.19. The van der Waals surface area contributed by atoms with E-state index in [9.17, 15) is 4.79 Å². The molecule has 80 valence electrons. The van der Waals surface area contributed by atoms with Gasteiger partial charge in [0.1, 0.15) is 0 Å². The number of carboxylic acid groups (broad SMARTS) is 1. The minimum atomic E-state index is -0.811. The van der Waals surface area contributed by atoms with E-state index in [1.54, 1.807) is 0 Å². The molecule has 1 aromatic rings. The molecule has 1 unspecified atom stereocenters. The van der Waals surface area contributed by atoms with Gasteiger partial charge in [0.15, 0.2) is 0 Å². The topological polar surface area (TPSA) is 40.5 Å². The monoisotopic (exact) mass is 269 g/mol. The SMILES string of the molecule is O=C(O)N1CCC(c2ccc(Br)cc2)C1. The number of hydrogen-bond donors (Lipinski definition) is 1. The Kier molecular flexibility index (Phi) is 2.95. The van der Waals surface area contributed by atoms with Crippen LogP contribution in [0.25, 0.3) is 0 Å². The van der Waals surface area contributed by atoms with E-state index in [1.807, 2.05) is 12.1 Å². The van der Waals surface area contributed by atoms with Gasteiger partial charge < -0.3 is 10.0 Å². The third-order valence-corrected chi connectivity index (χ3v) is 3.33. The fraction of sp³-hybridized carbons (Fsp3) is 0.364. The summed E-state index contributed by atoms with van der Waals surface area (Å²) in [6.07, 6.45) is 0.114. The van der Waals surface area contributed by atoms with E-state index in [0.29, 0.717) is 19.0 Å². The molecule has 2 rings (SSSR count). The number of hydrogen-bond acceptors (Lipinski definition) is 1. The van der Waals surface area contributed by atoms with E-state index in [0.717, 1.165) is 10.9 Å². The van der Waals surface area contributed by atoms with Crippen LogP contribution in [0.4, 0.5) is 4.79 Å². The molecule has 0 radical (unpaired) electrons. The molecule has 0 bridgehead atoms. The van der Waals surface area contributed by atoms with Gasteiger partial charge in [-0.1, -0.05) is 28.1 Å². The van der Waals surface area contributed by atoms with E-state index in [-0.39, 0.29) is 0 Å². The molecule has 1 atom stereocenters. The first-order valence-corrected chi connectivity index (χ1v) is 5.69. The zero-order valence-corrected chi connectivity index (χ0v) is 9.77. The number of amides is 1. The molecule has 1 saturated heterocycles. The van der Waals surface area contributed by atoms with Gasteiger partial charge in [-0.3, -0.25) is 0 Å². The van der Waals surface area contributed by atoms with Crippen LogP contribution in [0.2, 0.25) is 0 Å². The van der Waals surface area contributed by atoms with Crippen molar-refractivity contribution < 1.29 is 9.90 Å². The molecule has 3 nitrogen and oxygen atoms in total. The van der Waals surface area contributed by atoms with Gasteiger partial charge in [-0.05, 0) is 24.1 Å². The van der Waals surface area contributed by atoms with Crippen molar-refractivity contribution in [1.29, 1.82) is 0 Å². The smallest absolute Gasteiger partial charge is 0.407 e. The quantitative estimate of drug-likeness (QED) is 0.852. The lowest BCUT2D eigenvalue weighted by Gasteiger charge is -2.12. The zero-order chi connectivity index (χ0) is 10.8. The van der Waals surface area contributed by atoms with Crippen LogP contribution in [-0.2, 0) is 0 Å². The summed E-state index contributed by atoms with van der Waals surface area (Å²) < 4.78 is 1.05. The van der Waals surface area contributed by atoms with Crippen LogP contribution in [0.1, 0.15) is 17.9 Å². The Labute approximate surface area is 96.8 Å². The van der Waals surface area contributed by atoms with Crippen LogP contribution >= 0.6 is 15.9 Å². The summed E-state index contributed by atoms with van der Waals surface area (Å²) in [5.74, 6) is 0.356. The fourth-order valence-corrected chi connectivity index (χ4v) is 2.21. The van der Waals surface area contributed by atoms with Crippen LogP contribution in [0.3, 0.4) is 0 Å². The normalized spacial score (nSPS) is 20.6. The average molecular weight is 270 g/mol. The van der Waals surface area contributed by atoms with Crippen LogP contribution in [-0.4, -0.2) is 29.2 Å². The van der Waals surface area contributed by atoms with E-state index in [1.165, 1.54) is 10.5 Å². The highest BCUT2D eigenvalue weighted by atomic mass is 79.9. The molecule has 0 spiro atoms. The molecule has 1 heterocycles. The van der Waals surface area contributed by atoms with Gasteiger partial charge in [0.2, 0.25) is 0 Å². The maximum atomic E-state index is 10.8. The molecule has 1 aliphatic heterocycles. The number of nitrogens with zero attached hydrogens (tertiary/aromatic N) is 1. The van der Waals surface area contributed by atoms with E-state index in [4.69, 9.17) is 5.11 Å². The number of carbonyl (C=O) groups is 1. The van der Waals surface area contributed by atoms with E-state index < -0.39 is 6.09 Å². The first kappa shape index (κ1) is 10.5. The van der Waals surface area contributed by atoms with Gasteiger partial charge in [0, 0.05) is 23.5 Å². The number of halogens is 1. The van der Waals surface area contributed by atoms with Gasteiger partial charge in [-0.15, -0.1) is 0 Å². The summed E-state index contributed by atoms with van der Waals surface area (Å²) in [6, 6.07) is 8.11. The highest BCUT2D eigenvalue weighted by Crippen LogP contribution is 2.27. The van der Waals surface area contributed by atoms with Gasteiger partial charge in [-0.2, -0.15) is 0 Å². The Bertz CT molecular complexity index is 363. The molecule has 4 heteroatoms. The lowest BCUT2D eigenvalue weighted by atomic mass is 9.99. The van der Waals surface area contributed by atoms with Crippen molar-refractivity contribution >= 4 is 22.0 Å². The largest absolute Gasteiger partial charge is 0.465 e.